The van der Waals surface area contributed by atoms with Gasteiger partial charge in [0.2, 0.25) is 5.89 Å². The van der Waals surface area contributed by atoms with Gasteiger partial charge in [-0.15, -0.1) is 0 Å². The Morgan fingerprint density at radius 2 is 2.06 bits per heavy atom. The summed E-state index contributed by atoms with van der Waals surface area (Å²) < 4.78 is 5.75. The largest absolute Gasteiger partial charge is 0.439 e. The fourth-order valence-electron chi connectivity index (χ4n) is 1.67. The number of nitrogens with one attached hydrogen (secondary N) is 1. The van der Waals surface area contributed by atoms with Gasteiger partial charge < -0.3 is 9.73 Å². The molecular formula is C14H18N2O. The Bertz CT molecular complexity index is 450. The molecule has 0 aliphatic heterocycles. The van der Waals surface area contributed by atoms with E-state index in [0.29, 0.717) is 0 Å². The molecular weight excluding hydrogens is 212 g/mol. The second-order valence-electron chi connectivity index (χ2n) is 4.10. The first-order chi connectivity index (χ1) is 8.31. The maximum Gasteiger partial charge on any atom is 0.211 e. The number of rotatable bonds is 5. The van der Waals surface area contributed by atoms with Gasteiger partial charge in [-0.25, -0.2) is 4.98 Å². The van der Waals surface area contributed by atoms with E-state index < -0.39 is 0 Å². The molecule has 1 aromatic heterocycles. The molecule has 0 aliphatic carbocycles. The zero-order valence-corrected chi connectivity index (χ0v) is 10.3. The highest BCUT2D eigenvalue weighted by Crippen LogP contribution is 2.22. The number of aromatic nitrogens is 1. The first kappa shape index (κ1) is 11.9. The highest BCUT2D eigenvalue weighted by atomic mass is 16.4. The molecule has 2 aromatic rings. The van der Waals surface area contributed by atoms with Crippen LogP contribution in [0.25, 0.3) is 11.3 Å². The maximum absolute atomic E-state index is 5.75. The predicted octanol–water partition coefficient (Wildman–Crippen LogP) is 3.40. The summed E-state index contributed by atoms with van der Waals surface area (Å²) in [5.41, 5.74) is 1.06. The lowest BCUT2D eigenvalue weighted by Gasteiger charge is -2.08. The van der Waals surface area contributed by atoms with Gasteiger partial charge in [0.05, 0.1) is 12.2 Å². The van der Waals surface area contributed by atoms with Crippen LogP contribution in [0.3, 0.4) is 0 Å². The van der Waals surface area contributed by atoms with E-state index in [1.807, 2.05) is 30.3 Å². The van der Waals surface area contributed by atoms with E-state index in [-0.39, 0.29) is 6.04 Å². The van der Waals surface area contributed by atoms with Crippen molar-refractivity contribution in [2.45, 2.75) is 26.3 Å². The third kappa shape index (κ3) is 2.94. The molecule has 2 rings (SSSR count). The first-order valence-electron chi connectivity index (χ1n) is 6.05. The van der Waals surface area contributed by atoms with Gasteiger partial charge >= 0.3 is 0 Å². The molecule has 1 heterocycles. The van der Waals surface area contributed by atoms with Crippen LogP contribution in [0.5, 0.6) is 0 Å². The summed E-state index contributed by atoms with van der Waals surface area (Å²) in [6.07, 6.45) is 2.89. The highest BCUT2D eigenvalue weighted by molar-refractivity contribution is 5.55. The third-order valence-electron chi connectivity index (χ3n) is 2.65. The number of hydrogen-bond acceptors (Lipinski definition) is 3. The van der Waals surface area contributed by atoms with Crippen molar-refractivity contribution in [1.29, 1.82) is 0 Å². The van der Waals surface area contributed by atoms with Crippen LogP contribution in [0.2, 0.25) is 0 Å². The van der Waals surface area contributed by atoms with Crippen molar-refractivity contribution in [2.24, 2.45) is 0 Å². The van der Waals surface area contributed by atoms with E-state index >= 15 is 0 Å². The lowest BCUT2D eigenvalue weighted by atomic mass is 10.2. The quantitative estimate of drug-likeness (QED) is 0.855. The summed E-state index contributed by atoms with van der Waals surface area (Å²) in [6, 6.07) is 10.2. The van der Waals surface area contributed by atoms with Crippen LogP contribution in [0.4, 0.5) is 0 Å². The molecule has 0 bridgehead atoms. The molecule has 0 saturated carbocycles. The standard InChI is InChI=1S/C14H18N2O/c1-3-9-15-11(2)14-16-10-13(17-14)12-7-5-4-6-8-12/h4-8,10-11,15H,3,9H2,1-2H3. The second-order valence-corrected chi connectivity index (χ2v) is 4.10. The number of benzene rings is 1. The van der Waals surface area contributed by atoms with Gasteiger partial charge in [0.15, 0.2) is 5.76 Å². The van der Waals surface area contributed by atoms with Crippen LogP contribution >= 0.6 is 0 Å². The summed E-state index contributed by atoms with van der Waals surface area (Å²) in [6.45, 7) is 5.19. The fourth-order valence-corrected chi connectivity index (χ4v) is 1.67. The average Bonchev–Trinajstić information content (AvgIpc) is 2.86. The topological polar surface area (TPSA) is 38.1 Å². The van der Waals surface area contributed by atoms with Crippen LogP contribution < -0.4 is 5.32 Å². The smallest absolute Gasteiger partial charge is 0.211 e. The van der Waals surface area contributed by atoms with Gasteiger partial charge in [-0.3, -0.25) is 0 Å². The monoisotopic (exact) mass is 230 g/mol. The molecule has 0 aliphatic rings. The van der Waals surface area contributed by atoms with Crippen molar-refractivity contribution >= 4 is 0 Å². The molecule has 0 fully saturated rings. The van der Waals surface area contributed by atoms with Gasteiger partial charge in [-0.1, -0.05) is 37.3 Å². The molecule has 3 heteroatoms. The third-order valence-corrected chi connectivity index (χ3v) is 2.65. The molecule has 0 spiro atoms. The fraction of sp³-hybridized carbons (Fsp3) is 0.357. The minimum Gasteiger partial charge on any atom is -0.439 e. The molecule has 90 valence electrons. The van der Waals surface area contributed by atoms with E-state index in [1.54, 1.807) is 6.20 Å². The number of oxazole rings is 1. The van der Waals surface area contributed by atoms with Crippen LogP contribution in [-0.2, 0) is 0 Å². The Hall–Kier alpha value is -1.61. The van der Waals surface area contributed by atoms with E-state index in [2.05, 4.69) is 24.1 Å². The van der Waals surface area contributed by atoms with Crippen LogP contribution in [0.1, 0.15) is 32.2 Å². The molecule has 1 N–H and O–H groups in total. The predicted molar refractivity (Wildman–Crippen MR) is 68.6 cm³/mol. The van der Waals surface area contributed by atoms with E-state index in [9.17, 15) is 0 Å². The molecule has 1 unspecified atom stereocenters. The number of nitrogens with zero attached hydrogens (tertiary/aromatic N) is 1. The zero-order chi connectivity index (χ0) is 12.1. The lowest BCUT2D eigenvalue weighted by molar-refractivity contribution is 0.423. The normalized spacial score (nSPS) is 12.6. The molecule has 1 atom stereocenters. The van der Waals surface area contributed by atoms with Gasteiger partial charge in [-0.05, 0) is 19.9 Å². The van der Waals surface area contributed by atoms with Gasteiger partial charge in [0.25, 0.3) is 0 Å². The van der Waals surface area contributed by atoms with Crippen molar-refractivity contribution in [3.8, 4) is 11.3 Å². The molecule has 3 nitrogen and oxygen atoms in total. The molecule has 0 amide bonds. The van der Waals surface area contributed by atoms with Crippen molar-refractivity contribution in [1.82, 2.24) is 10.3 Å². The van der Waals surface area contributed by atoms with Crippen molar-refractivity contribution < 1.29 is 4.42 Å². The van der Waals surface area contributed by atoms with Crippen molar-refractivity contribution in [2.75, 3.05) is 6.54 Å². The summed E-state index contributed by atoms with van der Waals surface area (Å²) in [5.74, 6) is 1.57. The van der Waals surface area contributed by atoms with Gasteiger partial charge in [0, 0.05) is 5.56 Å². The summed E-state index contributed by atoms with van der Waals surface area (Å²) >= 11 is 0. The summed E-state index contributed by atoms with van der Waals surface area (Å²) in [5, 5.41) is 3.36. The Labute approximate surface area is 102 Å². The average molecular weight is 230 g/mol. The molecule has 1 aromatic carbocycles. The highest BCUT2D eigenvalue weighted by Gasteiger charge is 2.11. The maximum atomic E-state index is 5.75. The van der Waals surface area contributed by atoms with E-state index in [0.717, 1.165) is 30.2 Å². The summed E-state index contributed by atoms with van der Waals surface area (Å²) in [4.78, 5) is 4.32. The molecule has 0 saturated heterocycles. The number of hydrogen-bond donors (Lipinski definition) is 1. The van der Waals surface area contributed by atoms with Crippen molar-refractivity contribution in [3.63, 3.8) is 0 Å². The van der Waals surface area contributed by atoms with Crippen LogP contribution in [-0.4, -0.2) is 11.5 Å². The Morgan fingerprint density at radius 1 is 1.29 bits per heavy atom. The lowest BCUT2D eigenvalue weighted by Crippen LogP contribution is -2.19. The van der Waals surface area contributed by atoms with Crippen LogP contribution in [0, 0.1) is 0 Å². The first-order valence-corrected chi connectivity index (χ1v) is 6.05. The van der Waals surface area contributed by atoms with E-state index in [1.165, 1.54) is 0 Å². The van der Waals surface area contributed by atoms with Gasteiger partial charge in [-0.2, -0.15) is 0 Å². The zero-order valence-electron chi connectivity index (χ0n) is 10.3. The Balaban J connectivity index is 2.11. The van der Waals surface area contributed by atoms with Crippen molar-refractivity contribution in [3.05, 3.63) is 42.4 Å². The molecule has 17 heavy (non-hydrogen) atoms. The minimum atomic E-state index is 0.160. The SMILES string of the molecule is CCCNC(C)c1ncc(-c2ccccc2)o1. The van der Waals surface area contributed by atoms with Gasteiger partial charge in [0.1, 0.15) is 0 Å². The Kier molecular flexibility index (Phi) is 3.94. The summed E-state index contributed by atoms with van der Waals surface area (Å²) in [7, 11) is 0. The van der Waals surface area contributed by atoms with Crippen LogP contribution in [0.15, 0.2) is 40.9 Å². The minimum absolute atomic E-state index is 0.160. The second kappa shape index (κ2) is 5.64. The Morgan fingerprint density at radius 3 is 2.76 bits per heavy atom. The molecule has 0 radical (unpaired) electrons. The van der Waals surface area contributed by atoms with E-state index in [4.69, 9.17) is 4.42 Å².